The molecule has 0 spiro atoms. The number of carbonyl (C=O) groups is 4. The highest BCUT2D eigenvalue weighted by Crippen LogP contribution is 2.36. The predicted molar refractivity (Wildman–Crippen MR) is 284 cm³/mol. The Bertz CT molecular complexity index is 1250. The molecule has 1 rings (SSSR count). The Morgan fingerprint density at radius 2 is 0.841 bits per heavy atom. The van der Waals surface area contributed by atoms with Crippen molar-refractivity contribution in [2.24, 2.45) is 17.8 Å². The first-order valence-electron chi connectivity index (χ1n) is 29.4. The van der Waals surface area contributed by atoms with Gasteiger partial charge in [0.05, 0.1) is 18.8 Å². The van der Waals surface area contributed by atoms with Crippen LogP contribution in [0.25, 0.3) is 0 Å². The summed E-state index contributed by atoms with van der Waals surface area (Å²) in [6, 6.07) is -0.787. The first-order chi connectivity index (χ1) is 33.4. The van der Waals surface area contributed by atoms with E-state index in [1.54, 1.807) is 0 Å². The van der Waals surface area contributed by atoms with Crippen LogP contribution in [0.2, 0.25) is 0 Å². The van der Waals surface area contributed by atoms with Crippen LogP contribution in [0.1, 0.15) is 293 Å². The van der Waals surface area contributed by atoms with E-state index in [1.807, 2.05) is 0 Å². The quantitative estimate of drug-likeness (QED) is 0.0360. The Morgan fingerprint density at radius 1 is 0.464 bits per heavy atom. The fourth-order valence-corrected chi connectivity index (χ4v) is 10.1. The second-order valence-electron chi connectivity index (χ2n) is 21.4. The zero-order chi connectivity index (χ0) is 50.7. The molecule has 0 aromatic rings. The number of esters is 3. The molecule has 0 saturated carbocycles. The number of carbonyl (C=O) groups excluding carboxylic acids is 4. The van der Waals surface area contributed by atoms with Gasteiger partial charge >= 0.3 is 17.9 Å². The summed E-state index contributed by atoms with van der Waals surface area (Å²) in [7, 11) is 0. The molecule has 0 radical (unpaired) electrons. The van der Waals surface area contributed by atoms with Crippen molar-refractivity contribution in [3.05, 3.63) is 0 Å². The van der Waals surface area contributed by atoms with Crippen molar-refractivity contribution in [3.8, 4) is 0 Å². The van der Waals surface area contributed by atoms with E-state index in [-0.39, 0.29) is 48.9 Å². The average Bonchev–Trinajstić information content (AvgIpc) is 3.31. The molecule has 1 aliphatic rings. The van der Waals surface area contributed by atoms with Crippen LogP contribution in [0, 0.1) is 17.8 Å². The lowest BCUT2D eigenvalue weighted by molar-refractivity contribution is -0.259. The lowest BCUT2D eigenvalue weighted by Crippen LogP contribution is -2.55. The maximum atomic E-state index is 13.7. The lowest BCUT2D eigenvalue weighted by Gasteiger charge is -2.43. The van der Waals surface area contributed by atoms with Crippen molar-refractivity contribution in [3.63, 3.8) is 0 Å². The Hall–Kier alpha value is -2.20. The van der Waals surface area contributed by atoms with E-state index in [1.165, 1.54) is 207 Å². The second kappa shape index (κ2) is 44.5. The van der Waals surface area contributed by atoms with Gasteiger partial charge in [0, 0.05) is 33.1 Å². The largest absolute Gasteiger partial charge is 0.463 e. The summed E-state index contributed by atoms with van der Waals surface area (Å²) < 4.78 is 30.1. The van der Waals surface area contributed by atoms with Gasteiger partial charge in [0.15, 0.2) is 12.4 Å². The summed E-state index contributed by atoms with van der Waals surface area (Å²) >= 11 is 0. The molecule has 8 atom stereocenters. The Balaban J connectivity index is 2.66. The van der Waals surface area contributed by atoms with Crippen molar-refractivity contribution in [2.45, 2.75) is 324 Å². The molecule has 406 valence electrons. The SMILES string of the molecule is CCCCCCCCCCCCCCCCCCCCCCCCCC(=O)N[C@@H](COC1OC(COC(C)=O)C(C)C(C)C1C)[C@H](OC(C)=O)[C@@H](CCCCCCCCCCCCCC)OC(C)=O. The molecule has 5 unspecified atom stereocenters. The first-order valence-corrected chi connectivity index (χ1v) is 29.4. The summed E-state index contributed by atoms with van der Waals surface area (Å²) in [4.78, 5) is 50.6. The molecule has 1 N–H and O–H groups in total. The maximum absolute atomic E-state index is 13.7. The van der Waals surface area contributed by atoms with Crippen LogP contribution >= 0.6 is 0 Å². The summed E-state index contributed by atoms with van der Waals surface area (Å²) in [6.07, 6.45) is 42.9. The molecular weight excluding hydrogens is 867 g/mol. The van der Waals surface area contributed by atoms with E-state index in [0.29, 0.717) is 12.8 Å². The van der Waals surface area contributed by atoms with Crippen molar-refractivity contribution in [2.75, 3.05) is 13.2 Å². The molecule has 1 amide bonds. The monoisotopic (exact) mass is 978 g/mol. The zero-order valence-corrected chi connectivity index (χ0v) is 46.4. The lowest BCUT2D eigenvalue weighted by atomic mass is 9.79. The van der Waals surface area contributed by atoms with Gasteiger partial charge in [-0.1, -0.05) is 247 Å². The van der Waals surface area contributed by atoms with Gasteiger partial charge in [-0.15, -0.1) is 0 Å². The standard InChI is InChI=1S/C59H111NO9/c1-9-11-13-15-17-19-21-23-24-25-26-27-28-29-30-31-32-33-35-37-39-41-43-45-57(64)60-54(46-66-59-50(5)48(3)49(4)56(69-59)47-65-51(6)61)58(68-53(8)63)55(67-52(7)62)44-42-40-38-36-34-22-20-18-16-14-12-10-2/h48-50,54-56,58-59H,9-47H2,1-8H3,(H,60,64)/t48?,49?,50?,54-,55+,56?,58-,59?/m0/s1. The third kappa shape index (κ3) is 35.5. The second-order valence-corrected chi connectivity index (χ2v) is 21.4. The first kappa shape index (κ1) is 64.8. The van der Waals surface area contributed by atoms with Crippen molar-refractivity contribution >= 4 is 23.8 Å². The maximum Gasteiger partial charge on any atom is 0.303 e. The van der Waals surface area contributed by atoms with Gasteiger partial charge < -0.3 is 29.0 Å². The van der Waals surface area contributed by atoms with Gasteiger partial charge in [0.2, 0.25) is 5.91 Å². The van der Waals surface area contributed by atoms with E-state index >= 15 is 0 Å². The minimum atomic E-state index is -0.954. The van der Waals surface area contributed by atoms with Gasteiger partial charge in [0.1, 0.15) is 12.7 Å². The molecule has 0 aliphatic carbocycles. The van der Waals surface area contributed by atoms with E-state index in [0.717, 1.165) is 38.5 Å². The minimum absolute atomic E-state index is 0.00338. The number of ether oxygens (including phenoxy) is 5. The number of nitrogens with one attached hydrogen (secondary N) is 1. The van der Waals surface area contributed by atoms with Crippen LogP contribution in [0.3, 0.4) is 0 Å². The molecule has 0 bridgehead atoms. The highest BCUT2D eigenvalue weighted by molar-refractivity contribution is 5.76. The zero-order valence-electron chi connectivity index (χ0n) is 46.4. The van der Waals surface area contributed by atoms with Crippen LogP contribution in [0.4, 0.5) is 0 Å². The van der Waals surface area contributed by atoms with Crippen LogP contribution in [0.15, 0.2) is 0 Å². The fourth-order valence-electron chi connectivity index (χ4n) is 10.1. The van der Waals surface area contributed by atoms with Crippen molar-refractivity contribution < 1.29 is 42.9 Å². The number of unbranched alkanes of at least 4 members (excludes halogenated alkanes) is 33. The average molecular weight is 979 g/mol. The molecule has 69 heavy (non-hydrogen) atoms. The van der Waals surface area contributed by atoms with Gasteiger partial charge in [-0.05, 0) is 31.1 Å². The highest BCUT2D eigenvalue weighted by Gasteiger charge is 2.42. The number of hydrogen-bond donors (Lipinski definition) is 1. The highest BCUT2D eigenvalue weighted by atomic mass is 16.7. The van der Waals surface area contributed by atoms with Gasteiger partial charge in [0.25, 0.3) is 0 Å². The Kier molecular flexibility index (Phi) is 41.8. The van der Waals surface area contributed by atoms with Crippen molar-refractivity contribution in [1.82, 2.24) is 5.32 Å². The Labute approximate surface area is 425 Å². The predicted octanol–water partition coefficient (Wildman–Crippen LogP) is 16.0. The molecule has 0 aromatic heterocycles. The summed E-state index contributed by atoms with van der Waals surface area (Å²) in [5.74, 6) is -1.19. The Morgan fingerprint density at radius 3 is 1.22 bits per heavy atom. The van der Waals surface area contributed by atoms with E-state index < -0.39 is 36.5 Å². The van der Waals surface area contributed by atoms with Gasteiger partial charge in [-0.25, -0.2) is 0 Å². The minimum Gasteiger partial charge on any atom is -0.463 e. The summed E-state index contributed by atoms with van der Waals surface area (Å²) in [5, 5.41) is 3.16. The third-order valence-corrected chi connectivity index (χ3v) is 15.0. The van der Waals surface area contributed by atoms with Crippen LogP contribution in [-0.2, 0) is 42.9 Å². The van der Waals surface area contributed by atoms with E-state index in [2.05, 4.69) is 39.9 Å². The number of amides is 1. The number of hydrogen-bond acceptors (Lipinski definition) is 9. The molecular formula is C59H111NO9. The topological polar surface area (TPSA) is 126 Å². The normalized spacial score (nSPS) is 19.4. The van der Waals surface area contributed by atoms with E-state index in [4.69, 9.17) is 23.7 Å². The van der Waals surface area contributed by atoms with Gasteiger partial charge in [-0.3, -0.25) is 19.2 Å². The molecule has 10 nitrogen and oxygen atoms in total. The molecule has 1 fully saturated rings. The van der Waals surface area contributed by atoms with E-state index in [9.17, 15) is 19.2 Å². The van der Waals surface area contributed by atoms with Crippen LogP contribution < -0.4 is 5.32 Å². The summed E-state index contributed by atoms with van der Waals surface area (Å²) in [6.45, 7) is 15.0. The molecule has 1 saturated heterocycles. The molecule has 10 heteroatoms. The number of rotatable bonds is 47. The van der Waals surface area contributed by atoms with Crippen LogP contribution in [0.5, 0.6) is 0 Å². The fraction of sp³-hybridized carbons (Fsp3) is 0.932. The molecule has 1 aliphatic heterocycles. The van der Waals surface area contributed by atoms with Crippen LogP contribution in [-0.4, -0.2) is 67.7 Å². The van der Waals surface area contributed by atoms with Crippen molar-refractivity contribution in [1.29, 1.82) is 0 Å². The summed E-state index contributed by atoms with van der Waals surface area (Å²) in [5.41, 5.74) is 0. The smallest absolute Gasteiger partial charge is 0.303 e. The molecule has 1 heterocycles. The third-order valence-electron chi connectivity index (χ3n) is 15.0. The van der Waals surface area contributed by atoms with Gasteiger partial charge in [-0.2, -0.15) is 0 Å². The molecule has 0 aromatic carbocycles.